The van der Waals surface area contributed by atoms with E-state index < -0.39 is 0 Å². The maximum absolute atomic E-state index is 12.4. The Labute approximate surface area is 125 Å². The number of hydrogen-bond donors (Lipinski definition) is 1. The van der Waals surface area contributed by atoms with Crippen molar-refractivity contribution in [2.24, 2.45) is 0 Å². The Balaban J connectivity index is 2.05. The molecule has 0 saturated heterocycles. The number of aryl methyl sites for hydroxylation is 1. The van der Waals surface area contributed by atoms with Gasteiger partial charge >= 0.3 is 0 Å². The number of nitrogens with one attached hydrogen (secondary N) is 1. The van der Waals surface area contributed by atoms with Gasteiger partial charge in [0.2, 0.25) is 0 Å². The van der Waals surface area contributed by atoms with Gasteiger partial charge in [-0.2, -0.15) is 5.10 Å². The van der Waals surface area contributed by atoms with E-state index in [4.69, 9.17) is 4.42 Å². The summed E-state index contributed by atoms with van der Waals surface area (Å²) in [6.07, 6.45) is 2.32. The van der Waals surface area contributed by atoms with Crippen molar-refractivity contribution in [1.82, 2.24) is 15.1 Å². The van der Waals surface area contributed by atoms with Crippen LogP contribution in [-0.4, -0.2) is 21.7 Å². The van der Waals surface area contributed by atoms with Crippen molar-refractivity contribution in [1.29, 1.82) is 0 Å². The van der Waals surface area contributed by atoms with Gasteiger partial charge in [0, 0.05) is 19.0 Å². The Morgan fingerprint density at radius 2 is 2.19 bits per heavy atom. The highest BCUT2D eigenvalue weighted by molar-refractivity contribution is 5.92. The second-order valence-corrected chi connectivity index (χ2v) is 5.58. The summed E-state index contributed by atoms with van der Waals surface area (Å²) in [6.45, 7) is 8.78. The Morgan fingerprint density at radius 1 is 1.43 bits per heavy atom. The molecule has 1 amide bonds. The maximum Gasteiger partial charge on any atom is 0.269 e. The summed E-state index contributed by atoms with van der Waals surface area (Å²) < 4.78 is 7.06. The topological polar surface area (TPSA) is 60.1 Å². The third-order valence-corrected chi connectivity index (χ3v) is 3.39. The molecule has 0 saturated carbocycles. The predicted octanol–water partition coefficient (Wildman–Crippen LogP) is 2.98. The van der Waals surface area contributed by atoms with E-state index in [1.807, 2.05) is 32.0 Å². The maximum atomic E-state index is 12.4. The van der Waals surface area contributed by atoms with Crippen molar-refractivity contribution in [2.45, 2.75) is 52.6 Å². The molecule has 5 nitrogen and oxygen atoms in total. The minimum atomic E-state index is -0.0877. The third-order valence-electron chi connectivity index (χ3n) is 3.39. The van der Waals surface area contributed by atoms with Crippen LogP contribution in [0.15, 0.2) is 28.9 Å². The molecule has 0 aliphatic carbocycles. The number of hydrogen-bond acceptors (Lipinski definition) is 3. The molecular formula is C16H23N3O2. The zero-order valence-corrected chi connectivity index (χ0v) is 13.1. The van der Waals surface area contributed by atoms with Gasteiger partial charge < -0.3 is 9.73 Å². The fourth-order valence-corrected chi connectivity index (χ4v) is 2.22. The molecule has 0 bridgehead atoms. The molecule has 0 aromatic carbocycles. The summed E-state index contributed by atoms with van der Waals surface area (Å²) >= 11 is 0. The monoisotopic (exact) mass is 289 g/mol. The van der Waals surface area contributed by atoms with Crippen LogP contribution >= 0.6 is 0 Å². The average Bonchev–Trinajstić information content (AvgIpc) is 3.06. The Morgan fingerprint density at radius 3 is 2.76 bits per heavy atom. The Kier molecular flexibility index (Phi) is 4.83. The number of carbonyl (C=O) groups is 1. The highest BCUT2D eigenvalue weighted by Gasteiger charge is 2.18. The molecule has 0 unspecified atom stereocenters. The van der Waals surface area contributed by atoms with Gasteiger partial charge in [-0.3, -0.25) is 9.48 Å². The molecule has 0 aliphatic rings. The lowest BCUT2D eigenvalue weighted by molar-refractivity contribution is 0.0928. The summed E-state index contributed by atoms with van der Waals surface area (Å²) in [5.74, 6) is 1.09. The van der Waals surface area contributed by atoms with Crippen molar-refractivity contribution in [3.8, 4) is 0 Å². The fraction of sp³-hybridized carbons (Fsp3) is 0.500. The van der Waals surface area contributed by atoms with Gasteiger partial charge in [0.25, 0.3) is 5.91 Å². The van der Waals surface area contributed by atoms with Gasteiger partial charge in [-0.05, 0) is 38.0 Å². The second-order valence-electron chi connectivity index (χ2n) is 5.58. The SMILES string of the molecule is CCn1nc(C(C)C)cc1C(=O)N[C@@H](C)Cc1ccco1. The number of rotatable bonds is 6. The molecule has 0 spiro atoms. The largest absolute Gasteiger partial charge is 0.469 e. The highest BCUT2D eigenvalue weighted by Crippen LogP contribution is 2.15. The normalized spacial score (nSPS) is 12.6. The summed E-state index contributed by atoms with van der Waals surface area (Å²) in [6, 6.07) is 5.65. The van der Waals surface area contributed by atoms with Crippen LogP contribution in [0.25, 0.3) is 0 Å². The molecule has 2 heterocycles. The van der Waals surface area contributed by atoms with Crippen LogP contribution in [0.3, 0.4) is 0 Å². The lowest BCUT2D eigenvalue weighted by atomic mass is 10.1. The van der Waals surface area contributed by atoms with E-state index in [-0.39, 0.29) is 11.9 Å². The van der Waals surface area contributed by atoms with Crippen molar-refractivity contribution in [3.05, 3.63) is 41.6 Å². The van der Waals surface area contributed by atoms with E-state index >= 15 is 0 Å². The van der Waals surface area contributed by atoms with Crippen LogP contribution < -0.4 is 5.32 Å². The van der Waals surface area contributed by atoms with Crippen molar-refractivity contribution in [2.75, 3.05) is 0 Å². The molecule has 2 aromatic rings. The van der Waals surface area contributed by atoms with Crippen molar-refractivity contribution >= 4 is 5.91 Å². The van der Waals surface area contributed by atoms with Crippen LogP contribution in [0.4, 0.5) is 0 Å². The van der Waals surface area contributed by atoms with Gasteiger partial charge in [0.15, 0.2) is 0 Å². The number of nitrogens with zero attached hydrogens (tertiary/aromatic N) is 2. The fourth-order valence-electron chi connectivity index (χ4n) is 2.22. The van der Waals surface area contributed by atoms with Crippen LogP contribution in [0.1, 0.15) is 55.6 Å². The second kappa shape index (κ2) is 6.61. The van der Waals surface area contributed by atoms with Crippen LogP contribution in [0, 0.1) is 0 Å². The predicted molar refractivity (Wildman–Crippen MR) is 81.3 cm³/mol. The van der Waals surface area contributed by atoms with Crippen molar-refractivity contribution in [3.63, 3.8) is 0 Å². The molecule has 0 radical (unpaired) electrons. The van der Waals surface area contributed by atoms with Gasteiger partial charge in [0.1, 0.15) is 11.5 Å². The standard InChI is InChI=1S/C16H23N3O2/c1-5-19-15(10-14(18-19)11(2)3)16(20)17-12(4)9-13-7-6-8-21-13/h6-8,10-12H,5,9H2,1-4H3,(H,17,20)/t12-/m0/s1. The first-order chi connectivity index (χ1) is 10.0. The van der Waals surface area contributed by atoms with Gasteiger partial charge in [-0.1, -0.05) is 13.8 Å². The van der Waals surface area contributed by atoms with Crippen molar-refractivity contribution < 1.29 is 9.21 Å². The van der Waals surface area contributed by atoms with E-state index in [0.717, 1.165) is 11.5 Å². The van der Waals surface area contributed by atoms with Gasteiger partial charge in [0.05, 0.1) is 12.0 Å². The minimum Gasteiger partial charge on any atom is -0.469 e. The molecule has 1 atom stereocenters. The lowest BCUT2D eigenvalue weighted by Gasteiger charge is -2.13. The quantitative estimate of drug-likeness (QED) is 0.889. The lowest BCUT2D eigenvalue weighted by Crippen LogP contribution is -2.35. The molecular weight excluding hydrogens is 266 g/mol. The molecule has 0 fully saturated rings. The first-order valence-corrected chi connectivity index (χ1v) is 7.42. The third kappa shape index (κ3) is 3.74. The van der Waals surface area contributed by atoms with E-state index in [2.05, 4.69) is 24.3 Å². The molecule has 1 N–H and O–H groups in total. The zero-order valence-electron chi connectivity index (χ0n) is 13.1. The molecule has 2 rings (SSSR count). The zero-order chi connectivity index (χ0) is 15.4. The van der Waals surface area contributed by atoms with Gasteiger partial charge in [-0.25, -0.2) is 0 Å². The van der Waals surface area contributed by atoms with Crippen LogP contribution in [0.5, 0.6) is 0 Å². The number of amides is 1. The minimum absolute atomic E-state index is 0.00589. The number of carbonyl (C=O) groups excluding carboxylic acids is 1. The Hall–Kier alpha value is -2.04. The highest BCUT2D eigenvalue weighted by atomic mass is 16.3. The summed E-state index contributed by atoms with van der Waals surface area (Å²) in [5.41, 5.74) is 1.56. The van der Waals surface area contributed by atoms with E-state index in [9.17, 15) is 4.79 Å². The number of aromatic nitrogens is 2. The van der Waals surface area contributed by atoms with Gasteiger partial charge in [-0.15, -0.1) is 0 Å². The van der Waals surface area contributed by atoms with Crippen LogP contribution in [-0.2, 0) is 13.0 Å². The first-order valence-electron chi connectivity index (χ1n) is 7.42. The summed E-state index contributed by atoms with van der Waals surface area (Å²) in [5, 5.41) is 7.47. The van der Waals surface area contributed by atoms with E-state index in [1.165, 1.54) is 0 Å². The Bertz CT molecular complexity index is 585. The van der Waals surface area contributed by atoms with E-state index in [0.29, 0.717) is 24.6 Å². The van der Waals surface area contributed by atoms with E-state index in [1.54, 1.807) is 10.9 Å². The molecule has 21 heavy (non-hydrogen) atoms. The first kappa shape index (κ1) is 15.4. The summed E-state index contributed by atoms with van der Waals surface area (Å²) in [7, 11) is 0. The van der Waals surface area contributed by atoms with Crippen LogP contribution in [0.2, 0.25) is 0 Å². The summed E-state index contributed by atoms with van der Waals surface area (Å²) in [4.78, 5) is 12.4. The molecule has 2 aromatic heterocycles. The molecule has 0 aliphatic heterocycles. The molecule has 114 valence electrons. The number of furan rings is 1. The average molecular weight is 289 g/mol. The molecule has 5 heteroatoms. The smallest absolute Gasteiger partial charge is 0.269 e.